The summed E-state index contributed by atoms with van der Waals surface area (Å²) >= 11 is 0. The smallest absolute Gasteiger partial charge is 0.328 e. The molecule has 1 amide bonds. The number of carbonyl (C=O) groups is 4. The fourth-order valence-corrected chi connectivity index (χ4v) is 1.90. The van der Waals surface area contributed by atoms with E-state index in [-0.39, 0.29) is 45.5 Å². The van der Waals surface area contributed by atoms with Crippen LogP contribution in [0.2, 0.25) is 0 Å². The fraction of sp³-hybridized carbons (Fsp3) is 0.750. The van der Waals surface area contributed by atoms with Crippen molar-refractivity contribution in [2.75, 3.05) is 19.8 Å². The van der Waals surface area contributed by atoms with Crippen LogP contribution < -0.4 is 11.1 Å². The van der Waals surface area contributed by atoms with Gasteiger partial charge in [-0.3, -0.25) is 14.4 Å². The summed E-state index contributed by atoms with van der Waals surface area (Å²) in [5.41, 5.74) is 5.72. The zero-order chi connectivity index (χ0) is 19.2. The van der Waals surface area contributed by atoms with Gasteiger partial charge in [-0.1, -0.05) is 0 Å². The van der Waals surface area contributed by atoms with E-state index < -0.39 is 35.9 Å². The Bertz CT molecular complexity index is 454. The molecule has 0 rings (SSSR count). The zero-order valence-corrected chi connectivity index (χ0v) is 15.0. The number of rotatable bonds is 12. The summed E-state index contributed by atoms with van der Waals surface area (Å²) in [5, 5.41) is 2.46. The number of nitrogens with two attached hydrogens (primary N) is 1. The van der Waals surface area contributed by atoms with Crippen molar-refractivity contribution >= 4 is 23.8 Å². The lowest BCUT2D eigenvalue weighted by atomic mass is 10.1. The van der Waals surface area contributed by atoms with Gasteiger partial charge in [0.05, 0.1) is 25.9 Å². The van der Waals surface area contributed by atoms with Crippen LogP contribution in [0.1, 0.15) is 46.5 Å². The van der Waals surface area contributed by atoms with Crippen molar-refractivity contribution in [1.82, 2.24) is 5.32 Å². The van der Waals surface area contributed by atoms with Gasteiger partial charge in [-0.05, 0) is 33.6 Å². The van der Waals surface area contributed by atoms with Crippen LogP contribution in [-0.2, 0) is 33.4 Å². The third kappa shape index (κ3) is 10.3. The predicted octanol–water partition coefficient (Wildman–Crippen LogP) is 0.0482. The third-order valence-electron chi connectivity index (χ3n) is 3.13. The van der Waals surface area contributed by atoms with E-state index in [2.05, 4.69) is 5.32 Å². The average molecular weight is 360 g/mol. The van der Waals surface area contributed by atoms with Crippen molar-refractivity contribution in [2.45, 2.75) is 58.5 Å². The molecule has 0 radical (unpaired) electrons. The first-order chi connectivity index (χ1) is 11.8. The monoisotopic (exact) mass is 360 g/mol. The Morgan fingerprint density at radius 1 is 0.840 bits per heavy atom. The van der Waals surface area contributed by atoms with Gasteiger partial charge in [0, 0.05) is 12.8 Å². The maximum absolute atomic E-state index is 12.1. The van der Waals surface area contributed by atoms with Crippen molar-refractivity contribution in [2.24, 2.45) is 5.73 Å². The van der Waals surface area contributed by atoms with Crippen molar-refractivity contribution in [1.29, 1.82) is 0 Å². The van der Waals surface area contributed by atoms with Crippen LogP contribution in [0.15, 0.2) is 0 Å². The van der Waals surface area contributed by atoms with E-state index in [1.165, 1.54) is 0 Å². The number of nitrogens with one attached hydrogen (secondary N) is 1. The van der Waals surface area contributed by atoms with Crippen LogP contribution in [0.5, 0.6) is 0 Å². The second-order valence-electron chi connectivity index (χ2n) is 5.11. The lowest BCUT2D eigenvalue weighted by molar-refractivity contribution is -0.149. The Morgan fingerprint density at radius 2 is 1.32 bits per heavy atom. The molecule has 2 atom stereocenters. The van der Waals surface area contributed by atoms with Crippen molar-refractivity contribution in [3.63, 3.8) is 0 Å². The highest BCUT2D eigenvalue weighted by molar-refractivity contribution is 5.88. The van der Waals surface area contributed by atoms with Gasteiger partial charge in [0.1, 0.15) is 6.04 Å². The molecule has 0 saturated heterocycles. The molecule has 25 heavy (non-hydrogen) atoms. The lowest BCUT2D eigenvalue weighted by Gasteiger charge is -2.19. The predicted molar refractivity (Wildman–Crippen MR) is 88.3 cm³/mol. The quantitative estimate of drug-likeness (QED) is 0.368. The normalized spacial score (nSPS) is 12.6. The van der Waals surface area contributed by atoms with Gasteiger partial charge in [-0.2, -0.15) is 0 Å². The standard InChI is InChI=1S/C16H28N2O7/c1-4-23-13(19)9-7-11(17)15(21)18-12(16(22)25-6-3)8-10-14(20)24-5-2/h11-12H,4-10,17H2,1-3H3,(H,18,21). The van der Waals surface area contributed by atoms with Crippen LogP contribution in [0, 0.1) is 0 Å². The molecular weight excluding hydrogens is 332 g/mol. The van der Waals surface area contributed by atoms with E-state index in [9.17, 15) is 19.2 Å². The summed E-state index contributed by atoms with van der Waals surface area (Å²) < 4.78 is 14.4. The number of esters is 3. The molecule has 2 unspecified atom stereocenters. The molecule has 9 nitrogen and oxygen atoms in total. The van der Waals surface area contributed by atoms with E-state index in [1.807, 2.05) is 0 Å². The molecule has 0 aliphatic rings. The molecule has 0 aromatic rings. The summed E-state index contributed by atoms with van der Waals surface area (Å²) in [6.07, 6.45) is 0.0665. The molecule has 0 heterocycles. The maximum atomic E-state index is 12.1. The van der Waals surface area contributed by atoms with Gasteiger partial charge in [0.15, 0.2) is 0 Å². The molecule has 3 N–H and O–H groups in total. The summed E-state index contributed by atoms with van der Waals surface area (Å²) in [4.78, 5) is 46.7. The Hall–Kier alpha value is -2.16. The molecule has 0 spiro atoms. The zero-order valence-electron chi connectivity index (χ0n) is 15.0. The summed E-state index contributed by atoms with van der Waals surface area (Å²) in [7, 11) is 0. The summed E-state index contributed by atoms with van der Waals surface area (Å²) in [5.74, 6) is -2.18. The van der Waals surface area contributed by atoms with Crippen LogP contribution in [-0.4, -0.2) is 55.7 Å². The first kappa shape index (κ1) is 22.8. The topological polar surface area (TPSA) is 134 Å². The first-order valence-electron chi connectivity index (χ1n) is 8.39. The van der Waals surface area contributed by atoms with E-state index in [0.29, 0.717) is 0 Å². The van der Waals surface area contributed by atoms with E-state index >= 15 is 0 Å². The molecule has 0 aromatic heterocycles. The average Bonchev–Trinajstić information content (AvgIpc) is 2.56. The van der Waals surface area contributed by atoms with E-state index in [4.69, 9.17) is 19.9 Å². The highest BCUT2D eigenvalue weighted by Gasteiger charge is 2.26. The van der Waals surface area contributed by atoms with Gasteiger partial charge in [0.25, 0.3) is 0 Å². The number of ether oxygens (including phenoxy) is 3. The summed E-state index contributed by atoms with van der Waals surface area (Å²) in [6.45, 7) is 5.60. The molecule has 0 aliphatic heterocycles. The minimum Gasteiger partial charge on any atom is -0.466 e. The first-order valence-corrected chi connectivity index (χ1v) is 8.39. The molecule has 0 aliphatic carbocycles. The fourth-order valence-electron chi connectivity index (χ4n) is 1.90. The molecular formula is C16H28N2O7. The lowest BCUT2D eigenvalue weighted by Crippen LogP contribution is -2.49. The highest BCUT2D eigenvalue weighted by atomic mass is 16.5. The van der Waals surface area contributed by atoms with Gasteiger partial charge < -0.3 is 25.3 Å². The van der Waals surface area contributed by atoms with Crippen molar-refractivity contribution in [3.05, 3.63) is 0 Å². The second-order valence-corrected chi connectivity index (χ2v) is 5.11. The Kier molecular flexibility index (Phi) is 12.0. The molecule has 144 valence electrons. The van der Waals surface area contributed by atoms with Gasteiger partial charge in [-0.15, -0.1) is 0 Å². The number of carbonyl (C=O) groups excluding carboxylic acids is 4. The van der Waals surface area contributed by atoms with Crippen LogP contribution in [0.25, 0.3) is 0 Å². The van der Waals surface area contributed by atoms with Gasteiger partial charge in [0.2, 0.25) is 5.91 Å². The number of hydrogen-bond acceptors (Lipinski definition) is 8. The maximum Gasteiger partial charge on any atom is 0.328 e. The molecule has 0 saturated carbocycles. The van der Waals surface area contributed by atoms with Crippen LogP contribution in [0.3, 0.4) is 0 Å². The molecule has 9 heteroatoms. The Balaban J connectivity index is 4.59. The third-order valence-corrected chi connectivity index (χ3v) is 3.13. The van der Waals surface area contributed by atoms with Crippen LogP contribution >= 0.6 is 0 Å². The second kappa shape index (κ2) is 13.2. The Labute approximate surface area is 147 Å². The van der Waals surface area contributed by atoms with Gasteiger partial charge >= 0.3 is 17.9 Å². The molecule has 0 aromatic carbocycles. The van der Waals surface area contributed by atoms with Crippen molar-refractivity contribution < 1.29 is 33.4 Å². The SMILES string of the molecule is CCOC(=O)CCC(N)C(=O)NC(CCC(=O)OCC)C(=O)OCC. The molecule has 0 bridgehead atoms. The van der Waals surface area contributed by atoms with Crippen molar-refractivity contribution in [3.8, 4) is 0 Å². The number of hydrogen-bond donors (Lipinski definition) is 2. The van der Waals surface area contributed by atoms with E-state index in [0.717, 1.165) is 0 Å². The highest BCUT2D eigenvalue weighted by Crippen LogP contribution is 2.04. The Morgan fingerprint density at radius 3 is 1.80 bits per heavy atom. The largest absolute Gasteiger partial charge is 0.466 e. The van der Waals surface area contributed by atoms with Crippen LogP contribution in [0.4, 0.5) is 0 Å². The summed E-state index contributed by atoms with van der Waals surface area (Å²) in [6, 6.07) is -1.99. The minimum absolute atomic E-state index is 0.00464. The molecule has 0 fully saturated rings. The minimum atomic E-state index is -1.01. The number of amides is 1. The van der Waals surface area contributed by atoms with E-state index in [1.54, 1.807) is 20.8 Å². The van der Waals surface area contributed by atoms with Gasteiger partial charge in [-0.25, -0.2) is 4.79 Å².